The number of carbonyl (C=O) groups excluding carboxylic acids is 2. The number of rotatable bonds is 8. The number of benzene rings is 1. The maximum Gasteiger partial charge on any atom is 0.229 e. The lowest BCUT2D eigenvalue weighted by Gasteiger charge is -2.36. The Bertz CT molecular complexity index is 623. The molecule has 27 heavy (non-hydrogen) atoms. The average molecular weight is 395 g/mol. The smallest absolute Gasteiger partial charge is 0.229 e. The summed E-state index contributed by atoms with van der Waals surface area (Å²) in [5.74, 6) is 1.29. The Morgan fingerprint density at radius 2 is 1.85 bits per heavy atom. The molecule has 1 fully saturated rings. The summed E-state index contributed by atoms with van der Waals surface area (Å²) in [6.07, 6.45) is 2.71. The van der Waals surface area contributed by atoms with Crippen LogP contribution in [0.2, 0.25) is 0 Å². The molecule has 1 heterocycles. The molecule has 1 saturated heterocycles. The molecule has 150 valence electrons. The van der Waals surface area contributed by atoms with Crippen LogP contribution in [0, 0.1) is 12.3 Å². The highest BCUT2D eigenvalue weighted by Gasteiger charge is 2.33. The van der Waals surface area contributed by atoms with Crippen molar-refractivity contribution in [2.75, 3.05) is 25.6 Å². The molecule has 0 aliphatic carbocycles. The molecule has 1 aromatic carbocycles. The molecule has 0 unspecified atom stereocenters. The van der Waals surface area contributed by atoms with E-state index < -0.39 is 5.41 Å². The number of hydrogen-bond donors (Lipinski definition) is 1. The summed E-state index contributed by atoms with van der Waals surface area (Å²) < 4.78 is 5.65. The molecule has 6 heteroatoms. The van der Waals surface area contributed by atoms with Crippen LogP contribution in [0.3, 0.4) is 0 Å². The number of likely N-dealkylation sites (tertiary alicyclic amines) is 1. The van der Waals surface area contributed by atoms with Gasteiger partial charge < -0.3 is 15.0 Å². The van der Waals surface area contributed by atoms with Crippen LogP contribution in [0.15, 0.2) is 24.3 Å². The van der Waals surface area contributed by atoms with Gasteiger partial charge in [0.05, 0.1) is 12.0 Å². The average Bonchev–Trinajstić information content (AvgIpc) is 2.66. The molecule has 0 aromatic heterocycles. The normalized spacial score (nSPS) is 15.5. The monoisotopic (exact) mass is 394 g/mol. The van der Waals surface area contributed by atoms with Gasteiger partial charge >= 0.3 is 0 Å². The highest BCUT2D eigenvalue weighted by molar-refractivity contribution is 6.19. The van der Waals surface area contributed by atoms with Gasteiger partial charge in [0.2, 0.25) is 11.8 Å². The molecule has 1 N–H and O–H groups in total. The standard InChI is InChI=1S/C21H31ClN2O3/c1-16-6-8-18(9-7-16)27-14-4-5-19(25)23-17-10-12-24(13-11-17)20(26)21(2,3)15-22/h6-9,17H,4-5,10-15H2,1-3H3,(H,23,25). The Labute approximate surface area is 167 Å². The first-order valence-corrected chi connectivity index (χ1v) is 10.2. The van der Waals surface area contributed by atoms with Crippen LogP contribution in [0.1, 0.15) is 45.1 Å². The van der Waals surface area contributed by atoms with Crippen LogP contribution in [0.4, 0.5) is 0 Å². The van der Waals surface area contributed by atoms with Crippen molar-refractivity contribution in [2.24, 2.45) is 5.41 Å². The third kappa shape index (κ3) is 6.73. The Balaban J connectivity index is 1.63. The first kappa shape index (κ1) is 21.5. The maximum atomic E-state index is 12.4. The van der Waals surface area contributed by atoms with Crippen molar-refractivity contribution in [1.82, 2.24) is 10.2 Å². The van der Waals surface area contributed by atoms with Crippen molar-refractivity contribution >= 4 is 23.4 Å². The van der Waals surface area contributed by atoms with Gasteiger partial charge in [0, 0.05) is 31.4 Å². The Morgan fingerprint density at radius 1 is 1.22 bits per heavy atom. The summed E-state index contributed by atoms with van der Waals surface area (Å²) in [5.41, 5.74) is 0.662. The van der Waals surface area contributed by atoms with Crippen molar-refractivity contribution in [3.8, 4) is 5.75 Å². The molecule has 5 nitrogen and oxygen atoms in total. The molecule has 0 spiro atoms. The minimum absolute atomic E-state index is 0.0494. The van der Waals surface area contributed by atoms with Crippen molar-refractivity contribution in [3.63, 3.8) is 0 Å². The number of piperidine rings is 1. The highest BCUT2D eigenvalue weighted by Crippen LogP contribution is 2.23. The molecule has 0 radical (unpaired) electrons. The second kappa shape index (κ2) is 9.98. The second-order valence-electron chi connectivity index (χ2n) is 7.92. The van der Waals surface area contributed by atoms with E-state index in [1.807, 2.05) is 49.9 Å². The lowest BCUT2D eigenvalue weighted by Crippen LogP contribution is -2.50. The molecule has 1 aliphatic heterocycles. The number of amides is 2. The second-order valence-corrected chi connectivity index (χ2v) is 8.18. The Morgan fingerprint density at radius 3 is 2.44 bits per heavy atom. The summed E-state index contributed by atoms with van der Waals surface area (Å²) in [6.45, 7) is 7.63. The molecule has 1 aromatic rings. The van der Waals surface area contributed by atoms with E-state index >= 15 is 0 Å². The van der Waals surface area contributed by atoms with Gasteiger partial charge in [0.25, 0.3) is 0 Å². The molecular formula is C21H31ClN2O3. The van der Waals surface area contributed by atoms with Gasteiger partial charge in [0.15, 0.2) is 0 Å². The predicted octanol–water partition coefficient (Wildman–Crippen LogP) is 3.53. The summed E-state index contributed by atoms with van der Waals surface area (Å²) in [4.78, 5) is 26.4. The topological polar surface area (TPSA) is 58.6 Å². The van der Waals surface area contributed by atoms with E-state index in [1.54, 1.807) is 0 Å². The maximum absolute atomic E-state index is 12.4. The van der Waals surface area contributed by atoms with E-state index in [2.05, 4.69) is 5.32 Å². The number of aryl methyl sites for hydroxylation is 1. The van der Waals surface area contributed by atoms with Crippen LogP contribution < -0.4 is 10.1 Å². The summed E-state index contributed by atoms with van der Waals surface area (Å²) in [6, 6.07) is 8.03. The Kier molecular flexibility index (Phi) is 7.96. The van der Waals surface area contributed by atoms with Crippen LogP contribution in [-0.4, -0.2) is 48.3 Å². The number of ether oxygens (including phenoxy) is 1. The number of hydrogen-bond acceptors (Lipinski definition) is 3. The third-order valence-corrected chi connectivity index (χ3v) is 5.57. The van der Waals surface area contributed by atoms with E-state index in [4.69, 9.17) is 16.3 Å². The number of halogens is 1. The molecular weight excluding hydrogens is 364 g/mol. The molecule has 1 aliphatic rings. The predicted molar refractivity (Wildman–Crippen MR) is 108 cm³/mol. The lowest BCUT2D eigenvalue weighted by molar-refractivity contribution is -0.140. The number of nitrogens with zero attached hydrogens (tertiary/aromatic N) is 1. The molecule has 0 bridgehead atoms. The zero-order valence-corrected chi connectivity index (χ0v) is 17.3. The zero-order chi connectivity index (χ0) is 19.9. The van der Waals surface area contributed by atoms with E-state index in [9.17, 15) is 9.59 Å². The van der Waals surface area contributed by atoms with Gasteiger partial charge in [-0.3, -0.25) is 9.59 Å². The third-order valence-electron chi connectivity index (χ3n) is 4.90. The largest absolute Gasteiger partial charge is 0.494 e. The number of nitrogens with one attached hydrogen (secondary N) is 1. The summed E-state index contributed by atoms with van der Waals surface area (Å²) in [7, 11) is 0. The van der Waals surface area contributed by atoms with Gasteiger partial charge in [-0.25, -0.2) is 0 Å². The van der Waals surface area contributed by atoms with E-state index in [0.29, 0.717) is 38.4 Å². The van der Waals surface area contributed by atoms with Crippen LogP contribution >= 0.6 is 11.6 Å². The Hall–Kier alpha value is -1.75. The molecule has 2 amide bonds. The fourth-order valence-electron chi connectivity index (χ4n) is 3.07. The van der Waals surface area contributed by atoms with Crippen LogP contribution in [0.25, 0.3) is 0 Å². The van der Waals surface area contributed by atoms with Gasteiger partial charge in [-0.05, 0) is 52.2 Å². The molecule has 2 rings (SSSR count). The summed E-state index contributed by atoms with van der Waals surface area (Å²) >= 11 is 5.90. The molecule has 0 atom stereocenters. The quantitative estimate of drug-likeness (QED) is 0.542. The highest BCUT2D eigenvalue weighted by atomic mass is 35.5. The fraction of sp³-hybridized carbons (Fsp3) is 0.619. The minimum atomic E-state index is -0.533. The fourth-order valence-corrected chi connectivity index (χ4v) is 3.18. The first-order valence-electron chi connectivity index (χ1n) is 9.66. The number of carbonyl (C=O) groups is 2. The van der Waals surface area contributed by atoms with E-state index in [1.165, 1.54) is 5.56 Å². The first-order chi connectivity index (χ1) is 12.8. The SMILES string of the molecule is Cc1ccc(OCCCC(=O)NC2CCN(C(=O)C(C)(C)CCl)CC2)cc1. The van der Waals surface area contributed by atoms with E-state index in [-0.39, 0.29) is 17.9 Å². The molecule has 0 saturated carbocycles. The zero-order valence-electron chi connectivity index (χ0n) is 16.6. The lowest BCUT2D eigenvalue weighted by atomic mass is 9.92. The van der Waals surface area contributed by atoms with Crippen molar-refractivity contribution < 1.29 is 14.3 Å². The van der Waals surface area contributed by atoms with Gasteiger partial charge in [0.1, 0.15) is 5.75 Å². The number of alkyl halides is 1. The van der Waals surface area contributed by atoms with Gasteiger partial charge in [-0.15, -0.1) is 11.6 Å². The minimum Gasteiger partial charge on any atom is -0.494 e. The van der Waals surface area contributed by atoms with Crippen molar-refractivity contribution in [3.05, 3.63) is 29.8 Å². The summed E-state index contributed by atoms with van der Waals surface area (Å²) in [5, 5.41) is 3.08. The van der Waals surface area contributed by atoms with Crippen molar-refractivity contribution in [1.29, 1.82) is 0 Å². The van der Waals surface area contributed by atoms with Gasteiger partial charge in [-0.2, -0.15) is 0 Å². The van der Waals surface area contributed by atoms with Crippen LogP contribution in [-0.2, 0) is 9.59 Å². The van der Waals surface area contributed by atoms with E-state index in [0.717, 1.165) is 18.6 Å². The van der Waals surface area contributed by atoms with Crippen LogP contribution in [0.5, 0.6) is 5.75 Å². The van der Waals surface area contributed by atoms with Crippen molar-refractivity contribution in [2.45, 2.75) is 52.5 Å². The van der Waals surface area contributed by atoms with Gasteiger partial charge in [-0.1, -0.05) is 17.7 Å².